The van der Waals surface area contributed by atoms with E-state index in [1.54, 1.807) is 59.5 Å². The van der Waals surface area contributed by atoms with Gasteiger partial charge in [0.15, 0.2) is 0 Å². The minimum Gasteiger partial charge on any atom is -0.370 e. The Hall–Kier alpha value is -5.34. The highest BCUT2D eigenvalue weighted by molar-refractivity contribution is 6.18. The number of rotatable bonds is 14. The van der Waals surface area contributed by atoms with Gasteiger partial charge < -0.3 is 35.4 Å². The maximum Gasteiger partial charge on any atom is 0.272 e. The van der Waals surface area contributed by atoms with Gasteiger partial charge in [-0.15, -0.1) is 11.6 Å². The highest BCUT2D eigenvalue weighted by Gasteiger charge is 2.24. The number of nitrogens with zero attached hydrogens (tertiary/aromatic N) is 4. The highest BCUT2D eigenvalue weighted by Crippen LogP contribution is 2.24. The third kappa shape index (κ3) is 8.58. The number of hydrogen-bond acceptors (Lipinski definition) is 6. The molecule has 0 aliphatic heterocycles. The van der Waals surface area contributed by atoms with Crippen molar-refractivity contribution in [2.75, 3.05) is 34.6 Å². The monoisotopic (exact) mass is 691 g/mol. The van der Waals surface area contributed by atoms with Crippen molar-refractivity contribution in [2.24, 2.45) is 26.9 Å². The third-order valence-corrected chi connectivity index (χ3v) is 8.18. The molecule has 3 heterocycles. The zero-order valence-electron chi connectivity index (χ0n) is 28.4. The third-order valence-electron chi connectivity index (χ3n) is 7.99. The second-order valence-corrected chi connectivity index (χ2v) is 12.1. The predicted molar refractivity (Wildman–Crippen MR) is 189 cm³/mol. The molecular weight excluding hydrogens is 650 g/mol. The average molecular weight is 692 g/mol. The Labute approximate surface area is 289 Å². The Balaban J connectivity index is 1.48. The van der Waals surface area contributed by atoms with Crippen molar-refractivity contribution in [1.82, 2.24) is 24.4 Å². The number of amides is 5. The number of carbonyl (C=O) groups excluding carboxylic acids is 5. The van der Waals surface area contributed by atoms with Crippen LogP contribution < -0.4 is 32.1 Å². The van der Waals surface area contributed by atoms with Gasteiger partial charge in [0.25, 0.3) is 23.6 Å². The van der Waals surface area contributed by atoms with Crippen molar-refractivity contribution in [3.05, 3.63) is 88.3 Å². The smallest absolute Gasteiger partial charge is 0.272 e. The topological polar surface area (TPSA) is 178 Å². The fourth-order valence-corrected chi connectivity index (χ4v) is 5.72. The first-order chi connectivity index (χ1) is 23.2. The number of benzene rings is 1. The molecule has 4 rings (SSSR count). The van der Waals surface area contributed by atoms with Crippen molar-refractivity contribution in [2.45, 2.75) is 33.6 Å². The molecule has 0 fully saturated rings. The molecular formula is C34H42ClN9O5. The summed E-state index contributed by atoms with van der Waals surface area (Å²) >= 11 is 5.95. The molecule has 15 heteroatoms. The van der Waals surface area contributed by atoms with E-state index in [4.69, 9.17) is 17.3 Å². The summed E-state index contributed by atoms with van der Waals surface area (Å²) in [4.78, 5) is 63.7. The quantitative estimate of drug-likeness (QED) is 0.1000. The van der Waals surface area contributed by atoms with Crippen LogP contribution in [0.15, 0.2) is 48.9 Å². The molecule has 6 N–H and O–H groups in total. The molecule has 14 nitrogen and oxygen atoms in total. The molecule has 0 atom stereocenters. The van der Waals surface area contributed by atoms with Gasteiger partial charge in [0, 0.05) is 70.7 Å². The lowest BCUT2D eigenvalue weighted by Crippen LogP contribution is -2.44. The molecule has 5 amide bonds. The summed E-state index contributed by atoms with van der Waals surface area (Å²) in [5.41, 5.74) is 14.0. The molecule has 0 spiro atoms. The van der Waals surface area contributed by atoms with Crippen LogP contribution in [0, 0.1) is 13.8 Å². The van der Waals surface area contributed by atoms with E-state index < -0.39 is 23.6 Å². The number of anilines is 3. The van der Waals surface area contributed by atoms with Gasteiger partial charge in [0.05, 0.1) is 17.1 Å². The second kappa shape index (κ2) is 15.7. The summed E-state index contributed by atoms with van der Waals surface area (Å²) in [6.45, 7) is 6.46. The molecule has 3 aromatic heterocycles. The van der Waals surface area contributed by atoms with E-state index >= 15 is 0 Å². The van der Waals surface area contributed by atoms with Gasteiger partial charge in [-0.05, 0) is 67.3 Å². The molecule has 4 aromatic rings. The van der Waals surface area contributed by atoms with Crippen LogP contribution in [0.1, 0.15) is 71.9 Å². The van der Waals surface area contributed by atoms with Crippen LogP contribution >= 0.6 is 11.6 Å². The number of aromatic nitrogens is 3. The molecule has 0 bridgehead atoms. The summed E-state index contributed by atoms with van der Waals surface area (Å²) in [6.07, 6.45) is 5.72. The zero-order valence-corrected chi connectivity index (χ0v) is 29.2. The molecule has 0 radical (unpaired) electrons. The Morgan fingerprint density at radius 2 is 1.27 bits per heavy atom. The van der Waals surface area contributed by atoms with Crippen LogP contribution in [0.4, 0.5) is 17.1 Å². The van der Waals surface area contributed by atoms with Crippen LogP contribution in [0.3, 0.4) is 0 Å². The van der Waals surface area contributed by atoms with Crippen LogP contribution in [-0.2, 0) is 32.4 Å². The molecule has 49 heavy (non-hydrogen) atoms. The Bertz CT molecular complexity index is 1880. The molecule has 0 aliphatic rings. The Morgan fingerprint density at radius 1 is 0.755 bits per heavy atom. The van der Waals surface area contributed by atoms with Crippen molar-refractivity contribution < 1.29 is 24.0 Å². The fourth-order valence-electron chi connectivity index (χ4n) is 5.63. The first kappa shape index (κ1) is 36.5. The van der Waals surface area contributed by atoms with E-state index in [1.165, 1.54) is 22.7 Å². The molecule has 0 saturated carbocycles. The van der Waals surface area contributed by atoms with E-state index in [2.05, 4.69) is 28.3 Å². The summed E-state index contributed by atoms with van der Waals surface area (Å²) in [6, 6.07) is 8.37. The maximum absolute atomic E-state index is 13.7. The van der Waals surface area contributed by atoms with Crippen LogP contribution in [0.5, 0.6) is 0 Å². The number of hydrazine groups is 1. The van der Waals surface area contributed by atoms with Gasteiger partial charge in [-0.2, -0.15) is 0 Å². The van der Waals surface area contributed by atoms with Gasteiger partial charge >= 0.3 is 0 Å². The number of halogens is 1. The van der Waals surface area contributed by atoms with E-state index in [0.29, 0.717) is 29.2 Å². The lowest BCUT2D eigenvalue weighted by atomic mass is 9.97. The predicted octanol–water partition coefficient (Wildman–Crippen LogP) is 3.38. The summed E-state index contributed by atoms with van der Waals surface area (Å²) in [5.74, 6) is -1.89. The van der Waals surface area contributed by atoms with Crippen molar-refractivity contribution in [3.8, 4) is 0 Å². The minimum absolute atomic E-state index is 0.00875. The van der Waals surface area contributed by atoms with E-state index in [-0.39, 0.29) is 41.8 Å². The van der Waals surface area contributed by atoms with E-state index in [1.807, 2.05) is 26.0 Å². The summed E-state index contributed by atoms with van der Waals surface area (Å²) < 4.78 is 4.72. The zero-order chi connectivity index (χ0) is 36.0. The Morgan fingerprint density at radius 3 is 1.78 bits per heavy atom. The van der Waals surface area contributed by atoms with Gasteiger partial charge in [-0.3, -0.25) is 24.0 Å². The average Bonchev–Trinajstić information content (AvgIpc) is 3.72. The van der Waals surface area contributed by atoms with E-state index in [0.717, 1.165) is 17.5 Å². The molecule has 260 valence electrons. The van der Waals surface area contributed by atoms with Crippen molar-refractivity contribution in [3.63, 3.8) is 0 Å². The standard InChI is InChI=1S/C34H42ClN9O5/c1-7-26-20(2)12-22(13-21(26)3)34(49)44(38-11-9-35)25-16-29(43(6)19-25)33(48)40-24-15-28(42(5)18-24)32(47)39-23-14-27(41(4)17-23)31(46)37-10-8-30(36)45/h12-19,38H,7-11H2,1-6H3,(H2,36,45)(H,37,46)(H,39,47)(H,40,48). The van der Waals surface area contributed by atoms with Gasteiger partial charge in [0.1, 0.15) is 17.1 Å². The SMILES string of the molecule is CCc1c(C)cc(C(=O)N(NCCCl)c2cc(C(=O)Nc3cc(C(=O)Nc4cc(C(=O)NCCC(N)=O)n(C)c4)n(C)c3)n(C)c2)cc1C. The molecule has 0 unspecified atom stereocenters. The lowest BCUT2D eigenvalue weighted by molar-refractivity contribution is -0.117. The number of nitrogens with two attached hydrogens (primary N) is 1. The van der Waals surface area contributed by atoms with Crippen molar-refractivity contribution >= 4 is 58.2 Å². The first-order valence-electron chi connectivity index (χ1n) is 15.7. The normalized spacial score (nSPS) is 10.9. The van der Waals surface area contributed by atoms with Crippen molar-refractivity contribution in [1.29, 1.82) is 0 Å². The number of nitrogens with one attached hydrogen (secondary N) is 4. The second-order valence-electron chi connectivity index (χ2n) is 11.7. The number of aryl methyl sites for hydroxylation is 5. The number of carbonyl (C=O) groups is 5. The lowest BCUT2D eigenvalue weighted by Gasteiger charge is -2.23. The molecule has 0 saturated heterocycles. The van der Waals surface area contributed by atoms with Gasteiger partial charge in [0.2, 0.25) is 5.91 Å². The minimum atomic E-state index is -0.528. The van der Waals surface area contributed by atoms with Crippen LogP contribution in [0.2, 0.25) is 0 Å². The van der Waals surface area contributed by atoms with Gasteiger partial charge in [-0.25, -0.2) is 10.4 Å². The van der Waals surface area contributed by atoms with E-state index in [9.17, 15) is 24.0 Å². The molecule has 1 aromatic carbocycles. The van der Waals surface area contributed by atoms with Crippen LogP contribution in [0.25, 0.3) is 0 Å². The first-order valence-corrected chi connectivity index (χ1v) is 16.2. The fraction of sp³-hybridized carbons (Fsp3) is 0.324. The van der Waals surface area contributed by atoms with Gasteiger partial charge in [-0.1, -0.05) is 6.92 Å². The largest absolute Gasteiger partial charge is 0.370 e. The van der Waals surface area contributed by atoms with Crippen LogP contribution in [-0.4, -0.2) is 62.2 Å². The number of alkyl halides is 1. The summed E-state index contributed by atoms with van der Waals surface area (Å²) in [7, 11) is 5.01. The number of hydrogen-bond donors (Lipinski definition) is 5. The number of primary amides is 1. The maximum atomic E-state index is 13.7. The molecule has 0 aliphatic carbocycles. The summed E-state index contributed by atoms with van der Waals surface area (Å²) in [5, 5.41) is 9.58. The highest BCUT2D eigenvalue weighted by atomic mass is 35.5. The Kier molecular flexibility index (Phi) is 11.7.